The van der Waals surface area contributed by atoms with Gasteiger partial charge >= 0.3 is 0 Å². The summed E-state index contributed by atoms with van der Waals surface area (Å²) in [5.41, 5.74) is 4.91. The molecular formula is C16H33N3O. The largest absolute Gasteiger partial charge is 0.389 e. The van der Waals surface area contributed by atoms with Crippen molar-refractivity contribution in [3.8, 4) is 0 Å². The fourth-order valence-electron chi connectivity index (χ4n) is 3.82. The summed E-state index contributed by atoms with van der Waals surface area (Å²) in [6, 6.07) is 1.23. The number of hydrogen-bond acceptors (Lipinski definition) is 4. The van der Waals surface area contributed by atoms with E-state index in [4.69, 9.17) is 5.73 Å². The standard InChI is InChI=1S/C16H33N3O/c1-14(12-16(2,20)13-17)18-10-6-15(7-11-18)19-8-4-3-5-9-19/h14-15,20H,3-13,17H2,1-2H3. The number of piperidine rings is 2. The zero-order valence-electron chi connectivity index (χ0n) is 13.4. The second-order valence-corrected chi connectivity index (χ2v) is 7.12. The molecule has 2 saturated heterocycles. The molecule has 3 N–H and O–H groups in total. The van der Waals surface area contributed by atoms with Gasteiger partial charge in [-0.25, -0.2) is 0 Å². The average molecular weight is 283 g/mol. The highest BCUT2D eigenvalue weighted by molar-refractivity contribution is 4.86. The number of nitrogens with zero attached hydrogens (tertiary/aromatic N) is 2. The van der Waals surface area contributed by atoms with E-state index in [1.165, 1.54) is 58.3 Å². The molecule has 0 saturated carbocycles. The van der Waals surface area contributed by atoms with Gasteiger partial charge in [0.2, 0.25) is 0 Å². The van der Waals surface area contributed by atoms with Crippen LogP contribution in [0.1, 0.15) is 52.4 Å². The Kier molecular flexibility index (Phi) is 5.84. The first-order valence-corrected chi connectivity index (χ1v) is 8.42. The van der Waals surface area contributed by atoms with E-state index in [0.717, 1.165) is 12.5 Å². The molecule has 0 bridgehead atoms. The Morgan fingerprint density at radius 3 is 2.30 bits per heavy atom. The van der Waals surface area contributed by atoms with Crippen LogP contribution in [0.5, 0.6) is 0 Å². The van der Waals surface area contributed by atoms with Crippen molar-refractivity contribution in [2.75, 3.05) is 32.7 Å². The predicted octanol–water partition coefficient (Wildman–Crippen LogP) is 1.43. The smallest absolute Gasteiger partial charge is 0.0756 e. The third-order valence-corrected chi connectivity index (χ3v) is 5.20. The summed E-state index contributed by atoms with van der Waals surface area (Å²) in [7, 11) is 0. The van der Waals surface area contributed by atoms with Crippen LogP contribution in [-0.4, -0.2) is 65.3 Å². The molecule has 2 unspecified atom stereocenters. The molecule has 0 aromatic carbocycles. The van der Waals surface area contributed by atoms with Gasteiger partial charge in [-0.2, -0.15) is 0 Å². The summed E-state index contributed by atoms with van der Waals surface area (Å²) in [5.74, 6) is 0. The van der Waals surface area contributed by atoms with Crippen LogP contribution in [-0.2, 0) is 0 Å². The normalized spacial score (nSPS) is 28.2. The topological polar surface area (TPSA) is 52.7 Å². The fourth-order valence-corrected chi connectivity index (χ4v) is 3.82. The van der Waals surface area contributed by atoms with E-state index in [-0.39, 0.29) is 0 Å². The maximum Gasteiger partial charge on any atom is 0.0756 e. The molecule has 2 atom stereocenters. The molecule has 4 heteroatoms. The van der Waals surface area contributed by atoms with Crippen LogP contribution in [0.25, 0.3) is 0 Å². The van der Waals surface area contributed by atoms with Crippen LogP contribution in [0.15, 0.2) is 0 Å². The van der Waals surface area contributed by atoms with Crippen molar-refractivity contribution in [1.29, 1.82) is 0 Å². The molecule has 0 radical (unpaired) electrons. The van der Waals surface area contributed by atoms with Gasteiger partial charge in [-0.1, -0.05) is 6.42 Å². The van der Waals surface area contributed by atoms with Crippen LogP contribution in [0, 0.1) is 0 Å². The molecule has 2 fully saturated rings. The van der Waals surface area contributed by atoms with Crippen molar-refractivity contribution < 1.29 is 5.11 Å². The number of hydrogen-bond donors (Lipinski definition) is 2. The van der Waals surface area contributed by atoms with Gasteiger partial charge < -0.3 is 20.6 Å². The molecule has 0 aliphatic carbocycles. The van der Waals surface area contributed by atoms with Gasteiger partial charge in [0.1, 0.15) is 0 Å². The summed E-state index contributed by atoms with van der Waals surface area (Å²) in [6.07, 6.45) is 7.54. The van der Waals surface area contributed by atoms with Crippen LogP contribution in [0.4, 0.5) is 0 Å². The zero-order chi connectivity index (χ0) is 14.6. The lowest BCUT2D eigenvalue weighted by atomic mass is 9.94. The van der Waals surface area contributed by atoms with Crippen LogP contribution in [0.2, 0.25) is 0 Å². The van der Waals surface area contributed by atoms with Gasteiger partial charge in [-0.05, 0) is 72.1 Å². The molecule has 2 heterocycles. The predicted molar refractivity (Wildman–Crippen MR) is 83.8 cm³/mol. The van der Waals surface area contributed by atoms with Crippen LogP contribution in [0.3, 0.4) is 0 Å². The van der Waals surface area contributed by atoms with E-state index in [9.17, 15) is 5.11 Å². The molecule has 2 rings (SSSR count). The average Bonchev–Trinajstić information content (AvgIpc) is 2.48. The minimum absolute atomic E-state index is 0.349. The van der Waals surface area contributed by atoms with Gasteiger partial charge in [0.15, 0.2) is 0 Å². The molecule has 2 aliphatic rings. The minimum atomic E-state index is -0.719. The van der Waals surface area contributed by atoms with E-state index in [0.29, 0.717) is 12.6 Å². The van der Waals surface area contributed by atoms with Gasteiger partial charge in [-0.15, -0.1) is 0 Å². The molecule has 4 nitrogen and oxygen atoms in total. The lowest BCUT2D eigenvalue weighted by Crippen LogP contribution is -2.50. The Balaban J connectivity index is 1.75. The highest BCUT2D eigenvalue weighted by Gasteiger charge is 2.30. The third-order valence-electron chi connectivity index (χ3n) is 5.20. The molecule has 20 heavy (non-hydrogen) atoms. The van der Waals surface area contributed by atoms with E-state index < -0.39 is 5.60 Å². The van der Waals surface area contributed by atoms with Gasteiger partial charge in [0, 0.05) is 18.6 Å². The Morgan fingerprint density at radius 2 is 1.75 bits per heavy atom. The van der Waals surface area contributed by atoms with E-state index in [1.54, 1.807) is 0 Å². The summed E-state index contributed by atoms with van der Waals surface area (Å²) < 4.78 is 0. The van der Waals surface area contributed by atoms with E-state index in [1.807, 2.05) is 6.92 Å². The number of rotatable bonds is 5. The molecule has 0 aromatic rings. The van der Waals surface area contributed by atoms with Crippen molar-refractivity contribution in [3.63, 3.8) is 0 Å². The number of aliphatic hydroxyl groups is 1. The van der Waals surface area contributed by atoms with Crippen molar-refractivity contribution >= 4 is 0 Å². The number of likely N-dealkylation sites (tertiary alicyclic amines) is 2. The molecule has 118 valence electrons. The Bertz CT molecular complexity index is 281. The van der Waals surface area contributed by atoms with Gasteiger partial charge in [0.25, 0.3) is 0 Å². The van der Waals surface area contributed by atoms with Crippen LogP contribution < -0.4 is 5.73 Å². The maximum atomic E-state index is 10.1. The Morgan fingerprint density at radius 1 is 1.15 bits per heavy atom. The third kappa shape index (κ3) is 4.42. The lowest BCUT2D eigenvalue weighted by Gasteiger charge is -2.43. The van der Waals surface area contributed by atoms with Gasteiger partial charge in [0.05, 0.1) is 5.60 Å². The molecule has 2 aliphatic heterocycles. The summed E-state index contributed by atoms with van der Waals surface area (Å²) >= 11 is 0. The summed E-state index contributed by atoms with van der Waals surface area (Å²) in [4.78, 5) is 5.24. The van der Waals surface area contributed by atoms with Crippen LogP contribution >= 0.6 is 0 Å². The highest BCUT2D eigenvalue weighted by Crippen LogP contribution is 2.24. The molecule has 0 aromatic heterocycles. The van der Waals surface area contributed by atoms with Crippen molar-refractivity contribution in [1.82, 2.24) is 9.80 Å². The quantitative estimate of drug-likeness (QED) is 0.801. The first-order chi connectivity index (χ1) is 9.52. The van der Waals surface area contributed by atoms with E-state index >= 15 is 0 Å². The SMILES string of the molecule is CC(CC(C)(O)CN)N1CCC(N2CCCCC2)CC1. The highest BCUT2D eigenvalue weighted by atomic mass is 16.3. The second-order valence-electron chi connectivity index (χ2n) is 7.12. The van der Waals surface area contributed by atoms with E-state index in [2.05, 4.69) is 16.7 Å². The Labute approximate surface area is 124 Å². The number of nitrogens with two attached hydrogens (primary N) is 1. The molecule has 0 spiro atoms. The zero-order valence-corrected chi connectivity index (χ0v) is 13.4. The van der Waals surface area contributed by atoms with Gasteiger partial charge in [-0.3, -0.25) is 0 Å². The fraction of sp³-hybridized carbons (Fsp3) is 1.00. The monoisotopic (exact) mass is 283 g/mol. The Hall–Kier alpha value is -0.160. The first-order valence-electron chi connectivity index (χ1n) is 8.42. The summed E-state index contributed by atoms with van der Waals surface area (Å²) in [6.45, 7) is 9.38. The molecule has 0 amide bonds. The maximum absolute atomic E-state index is 10.1. The first kappa shape index (κ1) is 16.2. The lowest BCUT2D eigenvalue weighted by molar-refractivity contribution is 0.0141. The molecular weight excluding hydrogens is 250 g/mol. The minimum Gasteiger partial charge on any atom is -0.389 e. The second kappa shape index (κ2) is 7.21. The van der Waals surface area contributed by atoms with Crippen molar-refractivity contribution in [2.24, 2.45) is 5.73 Å². The van der Waals surface area contributed by atoms with Crippen molar-refractivity contribution in [2.45, 2.75) is 70.1 Å². The summed E-state index contributed by atoms with van der Waals surface area (Å²) in [5, 5.41) is 10.1. The van der Waals surface area contributed by atoms with Crippen molar-refractivity contribution in [3.05, 3.63) is 0 Å².